The molecular formula is C19H25N3O2. The Morgan fingerprint density at radius 1 is 1.33 bits per heavy atom. The molecule has 1 aliphatic carbocycles. The van der Waals surface area contributed by atoms with Gasteiger partial charge in [0.2, 0.25) is 11.8 Å². The molecule has 2 heterocycles. The number of benzene rings is 1. The molecule has 0 bridgehead atoms. The molecule has 5 heteroatoms. The van der Waals surface area contributed by atoms with E-state index in [-0.39, 0.29) is 23.8 Å². The van der Waals surface area contributed by atoms with Gasteiger partial charge in [-0.25, -0.2) is 0 Å². The zero-order chi connectivity index (χ0) is 16.7. The molecule has 1 aromatic carbocycles. The number of fused-ring (bicyclic) bond motifs is 1. The predicted octanol–water partition coefficient (Wildman–Crippen LogP) is 1.56. The molecule has 5 nitrogen and oxygen atoms in total. The Kier molecular flexibility index (Phi) is 3.94. The van der Waals surface area contributed by atoms with Gasteiger partial charge < -0.3 is 15.1 Å². The van der Waals surface area contributed by atoms with Crippen molar-refractivity contribution in [2.75, 3.05) is 24.5 Å². The van der Waals surface area contributed by atoms with Gasteiger partial charge in [0.15, 0.2) is 0 Å². The van der Waals surface area contributed by atoms with Gasteiger partial charge in [-0.05, 0) is 37.8 Å². The van der Waals surface area contributed by atoms with Gasteiger partial charge in [0.25, 0.3) is 0 Å². The summed E-state index contributed by atoms with van der Waals surface area (Å²) >= 11 is 0. The summed E-state index contributed by atoms with van der Waals surface area (Å²) in [6.45, 7) is 4.39. The van der Waals surface area contributed by atoms with E-state index in [2.05, 4.69) is 41.4 Å². The number of anilines is 1. The Hall–Kier alpha value is -2.04. The topological polar surface area (TPSA) is 52.7 Å². The first-order chi connectivity index (χ1) is 11.6. The Morgan fingerprint density at radius 3 is 2.92 bits per heavy atom. The monoisotopic (exact) mass is 327 g/mol. The van der Waals surface area contributed by atoms with E-state index in [9.17, 15) is 9.59 Å². The van der Waals surface area contributed by atoms with Crippen LogP contribution < -0.4 is 10.2 Å². The van der Waals surface area contributed by atoms with Crippen LogP contribution in [0.4, 0.5) is 5.69 Å². The van der Waals surface area contributed by atoms with Crippen LogP contribution in [0.2, 0.25) is 0 Å². The smallest absolute Gasteiger partial charge is 0.225 e. The summed E-state index contributed by atoms with van der Waals surface area (Å²) in [6.07, 6.45) is 3.65. The number of hydrogen-bond donors (Lipinski definition) is 1. The molecular weight excluding hydrogens is 302 g/mol. The van der Waals surface area contributed by atoms with Crippen LogP contribution in [0.15, 0.2) is 24.3 Å². The van der Waals surface area contributed by atoms with Crippen LogP contribution in [0.25, 0.3) is 0 Å². The summed E-state index contributed by atoms with van der Waals surface area (Å²) in [4.78, 5) is 28.7. The standard InChI is InChI=1S/C19H25N3O2/c1-13(21-9-8-14-4-2-3-5-17(14)21)11-20-19(24)15-10-18(23)22(12-15)16-6-7-16/h2-5,13,15-16H,6-12H2,1H3,(H,20,24)/t13-,15-/m1/s1. The van der Waals surface area contributed by atoms with E-state index < -0.39 is 0 Å². The molecule has 2 aliphatic heterocycles. The van der Waals surface area contributed by atoms with Gasteiger partial charge in [0.05, 0.1) is 5.92 Å². The maximum Gasteiger partial charge on any atom is 0.225 e. The number of likely N-dealkylation sites (tertiary alicyclic amines) is 1. The lowest BCUT2D eigenvalue weighted by atomic mass is 10.1. The zero-order valence-electron chi connectivity index (χ0n) is 14.2. The highest BCUT2D eigenvalue weighted by molar-refractivity contribution is 5.89. The molecule has 2 atom stereocenters. The van der Waals surface area contributed by atoms with Crippen LogP contribution >= 0.6 is 0 Å². The lowest BCUT2D eigenvalue weighted by Crippen LogP contribution is -2.43. The van der Waals surface area contributed by atoms with Crippen LogP contribution in [-0.4, -0.2) is 48.4 Å². The first-order valence-corrected chi connectivity index (χ1v) is 9.05. The molecule has 1 saturated heterocycles. The molecule has 2 fully saturated rings. The summed E-state index contributed by atoms with van der Waals surface area (Å²) < 4.78 is 0. The minimum absolute atomic E-state index is 0.0332. The molecule has 1 saturated carbocycles. The molecule has 0 unspecified atom stereocenters. The average molecular weight is 327 g/mol. The highest BCUT2D eigenvalue weighted by Crippen LogP contribution is 2.33. The number of hydrogen-bond acceptors (Lipinski definition) is 3. The minimum Gasteiger partial charge on any atom is -0.366 e. The SMILES string of the molecule is C[C@H](CNC(=O)[C@@H]1CC(=O)N(C2CC2)C1)N1CCc2ccccc21. The van der Waals surface area contributed by atoms with Gasteiger partial charge >= 0.3 is 0 Å². The molecule has 24 heavy (non-hydrogen) atoms. The van der Waals surface area contributed by atoms with E-state index in [1.165, 1.54) is 11.3 Å². The van der Waals surface area contributed by atoms with Crippen molar-refractivity contribution in [1.82, 2.24) is 10.2 Å². The van der Waals surface area contributed by atoms with Crippen LogP contribution in [0, 0.1) is 5.92 Å². The zero-order valence-corrected chi connectivity index (χ0v) is 14.2. The van der Waals surface area contributed by atoms with Crippen LogP contribution in [0.5, 0.6) is 0 Å². The van der Waals surface area contributed by atoms with E-state index in [1.807, 2.05) is 4.90 Å². The fraction of sp³-hybridized carbons (Fsp3) is 0.579. The molecule has 3 aliphatic rings. The van der Waals surface area contributed by atoms with E-state index in [0.29, 0.717) is 25.6 Å². The fourth-order valence-electron chi connectivity index (χ4n) is 3.97. The van der Waals surface area contributed by atoms with E-state index in [1.54, 1.807) is 0 Å². The third-order valence-electron chi connectivity index (χ3n) is 5.54. The highest BCUT2D eigenvalue weighted by atomic mass is 16.2. The van der Waals surface area contributed by atoms with E-state index in [4.69, 9.17) is 0 Å². The van der Waals surface area contributed by atoms with Crippen LogP contribution in [0.1, 0.15) is 31.7 Å². The molecule has 0 aromatic heterocycles. The van der Waals surface area contributed by atoms with Crippen molar-refractivity contribution in [2.24, 2.45) is 5.92 Å². The van der Waals surface area contributed by atoms with Gasteiger partial charge in [-0.15, -0.1) is 0 Å². The Labute approximate surface area is 143 Å². The van der Waals surface area contributed by atoms with Crippen molar-refractivity contribution in [1.29, 1.82) is 0 Å². The summed E-state index contributed by atoms with van der Waals surface area (Å²) in [6, 6.07) is 9.15. The Morgan fingerprint density at radius 2 is 2.12 bits per heavy atom. The molecule has 2 amide bonds. The molecule has 128 valence electrons. The molecule has 0 spiro atoms. The van der Waals surface area contributed by atoms with Gasteiger partial charge in [-0.3, -0.25) is 9.59 Å². The normalized spacial score (nSPS) is 24.2. The second kappa shape index (κ2) is 6.11. The van der Waals surface area contributed by atoms with Gasteiger partial charge in [0.1, 0.15) is 0 Å². The van der Waals surface area contributed by atoms with Crippen molar-refractivity contribution in [3.8, 4) is 0 Å². The lowest BCUT2D eigenvalue weighted by Gasteiger charge is -2.28. The molecule has 0 radical (unpaired) electrons. The number of nitrogens with zero attached hydrogens (tertiary/aromatic N) is 2. The maximum absolute atomic E-state index is 12.4. The van der Waals surface area contributed by atoms with Crippen molar-refractivity contribution in [2.45, 2.75) is 44.7 Å². The summed E-state index contributed by atoms with van der Waals surface area (Å²) in [5.74, 6) is 0.0150. The Bertz CT molecular complexity index is 656. The number of rotatable bonds is 5. The number of nitrogens with one attached hydrogen (secondary N) is 1. The van der Waals surface area contributed by atoms with Gasteiger partial charge in [-0.1, -0.05) is 18.2 Å². The maximum atomic E-state index is 12.4. The third-order valence-corrected chi connectivity index (χ3v) is 5.54. The van der Waals surface area contributed by atoms with Gasteiger partial charge in [-0.2, -0.15) is 0 Å². The largest absolute Gasteiger partial charge is 0.366 e. The summed E-state index contributed by atoms with van der Waals surface area (Å²) in [5, 5.41) is 3.07. The highest BCUT2D eigenvalue weighted by Gasteiger charge is 2.41. The number of amides is 2. The second-order valence-electron chi connectivity index (χ2n) is 7.34. The van der Waals surface area contributed by atoms with Crippen molar-refractivity contribution in [3.63, 3.8) is 0 Å². The number of para-hydroxylation sites is 1. The molecule has 4 rings (SSSR count). The second-order valence-corrected chi connectivity index (χ2v) is 7.34. The quantitative estimate of drug-likeness (QED) is 0.893. The predicted molar refractivity (Wildman–Crippen MR) is 92.8 cm³/mol. The van der Waals surface area contributed by atoms with E-state index in [0.717, 1.165) is 25.8 Å². The summed E-state index contributed by atoms with van der Waals surface area (Å²) in [7, 11) is 0. The lowest BCUT2D eigenvalue weighted by molar-refractivity contribution is -0.129. The average Bonchev–Trinajstić information content (AvgIpc) is 3.21. The van der Waals surface area contributed by atoms with Crippen molar-refractivity contribution in [3.05, 3.63) is 29.8 Å². The minimum atomic E-state index is -0.170. The van der Waals surface area contributed by atoms with Crippen LogP contribution in [-0.2, 0) is 16.0 Å². The third kappa shape index (κ3) is 2.87. The van der Waals surface area contributed by atoms with Crippen molar-refractivity contribution < 1.29 is 9.59 Å². The first-order valence-electron chi connectivity index (χ1n) is 9.05. The Balaban J connectivity index is 1.31. The molecule has 1 N–H and O–H groups in total. The molecule has 1 aromatic rings. The van der Waals surface area contributed by atoms with Crippen LogP contribution in [0.3, 0.4) is 0 Å². The summed E-state index contributed by atoms with van der Waals surface area (Å²) in [5.41, 5.74) is 2.67. The first kappa shape index (κ1) is 15.5. The fourth-order valence-corrected chi connectivity index (χ4v) is 3.97. The number of carbonyl (C=O) groups excluding carboxylic acids is 2. The van der Waals surface area contributed by atoms with Gasteiger partial charge in [0, 0.05) is 43.8 Å². The number of carbonyl (C=O) groups is 2. The van der Waals surface area contributed by atoms with E-state index >= 15 is 0 Å². The van der Waals surface area contributed by atoms with Crippen molar-refractivity contribution >= 4 is 17.5 Å².